The summed E-state index contributed by atoms with van der Waals surface area (Å²) in [5.74, 6) is 0. The van der Waals surface area contributed by atoms with E-state index in [-0.39, 0.29) is 14.2 Å². The fourth-order valence-corrected chi connectivity index (χ4v) is 5.47. The Morgan fingerprint density at radius 3 is 1.83 bits per heavy atom. The molecule has 18 heavy (non-hydrogen) atoms. The van der Waals surface area contributed by atoms with Gasteiger partial charge in [0.1, 0.15) is 0 Å². The van der Waals surface area contributed by atoms with Gasteiger partial charge in [-0.05, 0) is 16.6 Å². The molecule has 0 amide bonds. The largest absolute Gasteiger partial charge is 0.352 e. The summed E-state index contributed by atoms with van der Waals surface area (Å²) in [6.07, 6.45) is -0.260. The van der Waals surface area contributed by atoms with Gasteiger partial charge in [-0.25, -0.2) is 0 Å². The predicted octanol–water partition coefficient (Wildman–Crippen LogP) is 3.90. The fourth-order valence-electron chi connectivity index (χ4n) is 2.42. The number of benzene rings is 1. The van der Waals surface area contributed by atoms with Crippen molar-refractivity contribution in [2.24, 2.45) is 0 Å². The van der Waals surface area contributed by atoms with E-state index in [2.05, 4.69) is 52.0 Å². The molecule has 0 aromatic heterocycles. The Labute approximate surface area is 112 Å². The van der Waals surface area contributed by atoms with Gasteiger partial charge in [0, 0.05) is 19.8 Å². The standard InChI is InChI=1S/C15H25O2P/c1-11(2)18(12(3)4)14-10-8-7-9-13(14)15(16-5)17-6/h7-12,15H,1-6H3. The molecule has 1 aromatic rings. The van der Waals surface area contributed by atoms with E-state index in [0.717, 1.165) is 0 Å². The van der Waals surface area contributed by atoms with E-state index >= 15 is 0 Å². The van der Waals surface area contributed by atoms with Gasteiger partial charge in [-0.3, -0.25) is 0 Å². The third kappa shape index (κ3) is 3.54. The zero-order valence-electron chi connectivity index (χ0n) is 12.3. The summed E-state index contributed by atoms with van der Waals surface area (Å²) in [7, 11) is 3.19. The predicted molar refractivity (Wildman–Crippen MR) is 80.0 cm³/mol. The SMILES string of the molecule is COC(OC)c1ccccc1P(C(C)C)C(C)C. The van der Waals surface area contributed by atoms with Crippen molar-refractivity contribution in [3.05, 3.63) is 29.8 Å². The van der Waals surface area contributed by atoms with Crippen molar-refractivity contribution in [3.63, 3.8) is 0 Å². The molecule has 0 fully saturated rings. The van der Waals surface area contributed by atoms with E-state index in [4.69, 9.17) is 9.47 Å². The molecule has 0 radical (unpaired) electrons. The lowest BCUT2D eigenvalue weighted by Crippen LogP contribution is -2.21. The second-order valence-corrected chi connectivity index (χ2v) is 8.32. The van der Waals surface area contributed by atoms with Crippen molar-refractivity contribution in [1.82, 2.24) is 0 Å². The Morgan fingerprint density at radius 1 is 0.889 bits per heavy atom. The van der Waals surface area contributed by atoms with Crippen molar-refractivity contribution in [3.8, 4) is 0 Å². The molecule has 0 aliphatic rings. The summed E-state index contributed by atoms with van der Waals surface area (Å²) in [6.45, 7) is 9.21. The maximum absolute atomic E-state index is 5.42. The molecule has 0 saturated carbocycles. The zero-order valence-corrected chi connectivity index (χ0v) is 13.2. The van der Waals surface area contributed by atoms with Gasteiger partial charge in [0.25, 0.3) is 0 Å². The van der Waals surface area contributed by atoms with E-state index in [1.165, 1.54) is 10.9 Å². The van der Waals surface area contributed by atoms with Crippen LogP contribution in [-0.4, -0.2) is 25.5 Å². The average Bonchev–Trinajstić information content (AvgIpc) is 2.31. The van der Waals surface area contributed by atoms with Crippen molar-refractivity contribution < 1.29 is 9.47 Å². The Morgan fingerprint density at radius 2 is 1.39 bits per heavy atom. The normalized spacial score (nSPS) is 12.1. The van der Waals surface area contributed by atoms with E-state index in [1.54, 1.807) is 14.2 Å². The summed E-state index contributed by atoms with van der Waals surface area (Å²) in [4.78, 5) is 0. The van der Waals surface area contributed by atoms with E-state index in [0.29, 0.717) is 11.3 Å². The van der Waals surface area contributed by atoms with Gasteiger partial charge in [-0.15, -0.1) is 0 Å². The van der Waals surface area contributed by atoms with E-state index in [9.17, 15) is 0 Å². The molecule has 0 aliphatic heterocycles. The lowest BCUT2D eigenvalue weighted by molar-refractivity contribution is -0.105. The number of methoxy groups -OCH3 is 2. The van der Waals surface area contributed by atoms with Gasteiger partial charge in [0.05, 0.1) is 0 Å². The first-order valence-electron chi connectivity index (χ1n) is 6.45. The van der Waals surface area contributed by atoms with Gasteiger partial charge in [-0.1, -0.05) is 59.9 Å². The average molecular weight is 268 g/mol. The summed E-state index contributed by atoms with van der Waals surface area (Å²) >= 11 is 0. The topological polar surface area (TPSA) is 18.5 Å². The minimum atomic E-state index is -0.260. The van der Waals surface area contributed by atoms with Gasteiger partial charge < -0.3 is 9.47 Å². The van der Waals surface area contributed by atoms with Gasteiger partial charge in [-0.2, -0.15) is 0 Å². The second-order valence-electron chi connectivity index (χ2n) is 4.96. The first kappa shape index (κ1) is 15.6. The second kappa shape index (κ2) is 7.23. The van der Waals surface area contributed by atoms with E-state index in [1.807, 2.05) is 0 Å². The molecular formula is C15H25O2P. The van der Waals surface area contributed by atoms with Gasteiger partial charge >= 0.3 is 0 Å². The van der Waals surface area contributed by atoms with Crippen LogP contribution in [0.15, 0.2) is 24.3 Å². The molecule has 2 nitrogen and oxygen atoms in total. The molecule has 0 atom stereocenters. The molecule has 3 heteroatoms. The van der Waals surface area contributed by atoms with Crippen LogP contribution < -0.4 is 5.30 Å². The smallest absolute Gasteiger partial charge is 0.183 e. The lowest BCUT2D eigenvalue weighted by Gasteiger charge is -2.29. The van der Waals surface area contributed by atoms with Crippen molar-refractivity contribution in [1.29, 1.82) is 0 Å². The molecule has 0 unspecified atom stereocenters. The van der Waals surface area contributed by atoms with Crippen LogP contribution in [0.2, 0.25) is 0 Å². The molecule has 0 bridgehead atoms. The van der Waals surface area contributed by atoms with Crippen LogP contribution in [0.4, 0.5) is 0 Å². The Bertz CT molecular complexity index is 351. The van der Waals surface area contributed by atoms with Crippen LogP contribution in [0.5, 0.6) is 0 Å². The Hall–Kier alpha value is -0.430. The molecule has 102 valence electrons. The van der Waals surface area contributed by atoms with Gasteiger partial charge in [0.15, 0.2) is 6.29 Å². The molecule has 0 heterocycles. The first-order chi connectivity index (χ1) is 8.52. The summed E-state index contributed by atoms with van der Waals surface area (Å²) in [5.41, 5.74) is 2.50. The van der Waals surface area contributed by atoms with Crippen LogP contribution in [0, 0.1) is 0 Å². The number of hydrogen-bond donors (Lipinski definition) is 0. The summed E-state index contributed by atoms with van der Waals surface area (Å²) in [6, 6.07) is 8.51. The molecule has 0 saturated heterocycles. The number of rotatable bonds is 6. The highest BCUT2D eigenvalue weighted by atomic mass is 31.1. The molecule has 1 aromatic carbocycles. The minimum absolute atomic E-state index is 0.198. The minimum Gasteiger partial charge on any atom is -0.352 e. The molecule has 0 aliphatic carbocycles. The van der Waals surface area contributed by atoms with Crippen molar-refractivity contribution >= 4 is 13.2 Å². The highest BCUT2D eigenvalue weighted by Gasteiger charge is 2.24. The third-order valence-corrected chi connectivity index (χ3v) is 6.20. The lowest BCUT2D eigenvalue weighted by atomic mass is 10.2. The monoisotopic (exact) mass is 268 g/mol. The van der Waals surface area contributed by atoms with Crippen LogP contribution in [0.25, 0.3) is 0 Å². The van der Waals surface area contributed by atoms with Crippen molar-refractivity contribution in [2.45, 2.75) is 45.3 Å². The molecule has 1 rings (SSSR count). The third-order valence-electron chi connectivity index (χ3n) is 3.01. The molecule has 0 spiro atoms. The molecule has 0 N–H and O–H groups in total. The van der Waals surface area contributed by atoms with E-state index < -0.39 is 0 Å². The highest BCUT2D eigenvalue weighted by Crippen LogP contribution is 2.46. The molecular weight excluding hydrogens is 243 g/mol. The number of hydrogen-bond acceptors (Lipinski definition) is 2. The Balaban J connectivity index is 3.21. The van der Waals surface area contributed by atoms with Crippen LogP contribution in [-0.2, 0) is 9.47 Å². The Kier molecular flexibility index (Phi) is 6.28. The first-order valence-corrected chi connectivity index (χ1v) is 7.93. The summed E-state index contributed by atoms with van der Waals surface area (Å²) in [5, 5.41) is 1.41. The van der Waals surface area contributed by atoms with Crippen molar-refractivity contribution in [2.75, 3.05) is 14.2 Å². The quantitative estimate of drug-likeness (QED) is 0.575. The van der Waals surface area contributed by atoms with Crippen LogP contribution >= 0.6 is 7.92 Å². The highest BCUT2D eigenvalue weighted by molar-refractivity contribution is 7.67. The zero-order chi connectivity index (χ0) is 13.7. The fraction of sp³-hybridized carbons (Fsp3) is 0.600. The maximum Gasteiger partial charge on any atom is 0.183 e. The van der Waals surface area contributed by atoms with Gasteiger partial charge in [0.2, 0.25) is 0 Å². The summed E-state index contributed by atoms with van der Waals surface area (Å²) < 4.78 is 10.8. The number of ether oxygens (including phenoxy) is 2. The van der Waals surface area contributed by atoms with Crippen LogP contribution in [0.1, 0.15) is 39.5 Å². The maximum atomic E-state index is 5.42. The van der Waals surface area contributed by atoms with Crippen LogP contribution in [0.3, 0.4) is 0 Å².